The number of fused-ring (bicyclic) bond motifs is 1. The molecule has 3 heterocycles. The first-order valence-corrected chi connectivity index (χ1v) is 12.1. The number of nitrogens with one attached hydrogen (secondary N) is 3. The molecule has 0 spiro atoms. The average Bonchev–Trinajstić information content (AvgIpc) is 3.48. The number of hydrazine groups is 1. The molecule has 3 aliphatic rings. The average molecular weight is 493 g/mol. The van der Waals surface area contributed by atoms with Gasteiger partial charge in [-0.2, -0.15) is 13.9 Å². The quantitative estimate of drug-likeness (QED) is 0.575. The summed E-state index contributed by atoms with van der Waals surface area (Å²) in [5.41, 5.74) is 7.13. The number of nitrogens with zero attached hydrogens (tertiary/aromatic N) is 3. The topological polar surface area (TPSA) is 83.4 Å². The summed E-state index contributed by atoms with van der Waals surface area (Å²) in [5.74, 6) is -0.231. The van der Waals surface area contributed by atoms with Crippen LogP contribution in [-0.4, -0.2) is 65.1 Å². The normalized spacial score (nSPS) is 29.8. The summed E-state index contributed by atoms with van der Waals surface area (Å²) in [6, 6.07) is 6.52. The van der Waals surface area contributed by atoms with Crippen molar-refractivity contribution in [3.8, 4) is 5.75 Å². The Morgan fingerprint density at radius 2 is 1.91 bits per heavy atom. The molecular formula is C24H31F3N6O2. The van der Waals surface area contributed by atoms with Gasteiger partial charge in [-0.25, -0.2) is 14.5 Å². The highest BCUT2D eigenvalue weighted by Crippen LogP contribution is 2.41. The number of amides is 1. The standard InChI is InChI=1S/C24H31F3N6O2/c1-32-8-6-17(7-9-32)35-16-4-2-15(3-5-16)29-23(34)22-19-10-18(20(25)11-21(19)30-31-22)14-12-28-33(13-14)24(26)27/h2-5,12-13,17-22,24,30-31H,6-11H2,1H3,(H,29,34). The second kappa shape index (κ2) is 10.2. The number of benzene rings is 1. The largest absolute Gasteiger partial charge is 0.490 e. The van der Waals surface area contributed by atoms with Crippen LogP contribution >= 0.6 is 0 Å². The van der Waals surface area contributed by atoms with E-state index in [1.54, 1.807) is 0 Å². The van der Waals surface area contributed by atoms with E-state index in [4.69, 9.17) is 4.74 Å². The molecule has 2 saturated heterocycles. The van der Waals surface area contributed by atoms with Gasteiger partial charge in [0.05, 0.1) is 6.20 Å². The zero-order chi connectivity index (χ0) is 24.5. The first kappa shape index (κ1) is 24.1. The van der Waals surface area contributed by atoms with Gasteiger partial charge in [-0.15, -0.1) is 0 Å². The van der Waals surface area contributed by atoms with E-state index in [0.717, 1.165) is 31.7 Å². The number of piperidine rings is 1. The highest BCUT2D eigenvalue weighted by Gasteiger charge is 2.47. The van der Waals surface area contributed by atoms with Crippen LogP contribution in [0.2, 0.25) is 0 Å². The summed E-state index contributed by atoms with van der Waals surface area (Å²) < 4.78 is 47.3. The van der Waals surface area contributed by atoms with Crippen molar-refractivity contribution in [2.45, 2.75) is 62.5 Å². The fourth-order valence-corrected chi connectivity index (χ4v) is 5.41. The molecule has 3 N–H and O–H groups in total. The van der Waals surface area contributed by atoms with Crippen LogP contribution in [0.3, 0.4) is 0 Å². The van der Waals surface area contributed by atoms with Gasteiger partial charge < -0.3 is 15.0 Å². The molecule has 1 saturated carbocycles. The Hall–Kier alpha value is -2.63. The Labute approximate surface area is 202 Å². The maximum Gasteiger partial charge on any atom is 0.333 e. The predicted octanol–water partition coefficient (Wildman–Crippen LogP) is 3.07. The second-order valence-corrected chi connectivity index (χ2v) is 9.80. The molecule has 0 radical (unpaired) electrons. The van der Waals surface area contributed by atoms with Crippen LogP contribution in [0.1, 0.15) is 43.7 Å². The highest BCUT2D eigenvalue weighted by atomic mass is 19.3. The fraction of sp³-hybridized carbons (Fsp3) is 0.583. The molecule has 1 amide bonds. The Balaban J connectivity index is 1.19. The lowest BCUT2D eigenvalue weighted by molar-refractivity contribution is -0.119. The first-order valence-electron chi connectivity index (χ1n) is 12.1. The summed E-state index contributed by atoms with van der Waals surface area (Å²) in [4.78, 5) is 15.3. The lowest BCUT2D eigenvalue weighted by Gasteiger charge is -2.35. The number of hydrogen-bond donors (Lipinski definition) is 3. The second-order valence-electron chi connectivity index (χ2n) is 9.80. The number of rotatable bonds is 6. The van der Waals surface area contributed by atoms with Crippen molar-refractivity contribution in [3.05, 3.63) is 42.2 Å². The number of aromatic nitrogens is 2. The molecule has 11 heteroatoms. The van der Waals surface area contributed by atoms with Gasteiger partial charge in [0.1, 0.15) is 24.1 Å². The monoisotopic (exact) mass is 492 g/mol. The van der Waals surface area contributed by atoms with Crippen LogP contribution in [0.25, 0.3) is 0 Å². The maximum absolute atomic E-state index is 14.9. The number of anilines is 1. The molecule has 190 valence electrons. The Morgan fingerprint density at radius 3 is 2.60 bits per heavy atom. The summed E-state index contributed by atoms with van der Waals surface area (Å²) in [6.07, 6.45) is 4.00. The minimum Gasteiger partial charge on any atom is -0.490 e. The van der Waals surface area contributed by atoms with Crippen molar-refractivity contribution in [1.82, 2.24) is 25.5 Å². The molecule has 0 bridgehead atoms. The molecule has 8 nitrogen and oxygen atoms in total. The van der Waals surface area contributed by atoms with E-state index in [9.17, 15) is 18.0 Å². The molecular weight excluding hydrogens is 461 g/mol. The Bertz CT molecular complexity index is 1010. The summed E-state index contributed by atoms with van der Waals surface area (Å²) in [5, 5.41) is 6.57. The van der Waals surface area contributed by atoms with Crippen LogP contribution in [0.4, 0.5) is 18.9 Å². The third kappa shape index (κ3) is 5.31. The van der Waals surface area contributed by atoms with Gasteiger partial charge in [-0.3, -0.25) is 10.2 Å². The molecule has 5 atom stereocenters. The number of halogens is 3. The molecule has 5 rings (SSSR count). The summed E-state index contributed by atoms with van der Waals surface area (Å²) in [7, 11) is 2.11. The smallest absolute Gasteiger partial charge is 0.333 e. The van der Waals surface area contributed by atoms with Crippen molar-refractivity contribution in [3.63, 3.8) is 0 Å². The lowest BCUT2D eigenvalue weighted by Crippen LogP contribution is -2.43. The van der Waals surface area contributed by atoms with E-state index in [-0.39, 0.29) is 30.4 Å². The molecule has 5 unspecified atom stereocenters. The summed E-state index contributed by atoms with van der Waals surface area (Å²) >= 11 is 0. The van der Waals surface area contributed by atoms with Gasteiger partial charge in [-0.1, -0.05) is 0 Å². The van der Waals surface area contributed by atoms with Crippen LogP contribution in [0.15, 0.2) is 36.7 Å². The third-order valence-electron chi connectivity index (χ3n) is 7.43. The molecule has 1 aromatic heterocycles. The van der Waals surface area contributed by atoms with E-state index in [0.29, 0.717) is 22.4 Å². The minimum atomic E-state index is -2.77. The van der Waals surface area contributed by atoms with Crippen molar-refractivity contribution < 1.29 is 22.7 Å². The highest BCUT2D eigenvalue weighted by molar-refractivity contribution is 5.95. The zero-order valence-electron chi connectivity index (χ0n) is 19.5. The molecule has 35 heavy (non-hydrogen) atoms. The van der Waals surface area contributed by atoms with Gasteiger partial charge >= 0.3 is 6.55 Å². The number of alkyl halides is 3. The third-order valence-corrected chi connectivity index (χ3v) is 7.43. The Morgan fingerprint density at radius 1 is 1.17 bits per heavy atom. The van der Waals surface area contributed by atoms with Crippen LogP contribution in [0.5, 0.6) is 5.75 Å². The SMILES string of the molecule is CN1CCC(Oc2ccc(NC(=O)C3NNC4CC(F)C(c5cnn(C(F)F)c5)CC43)cc2)CC1. The van der Waals surface area contributed by atoms with E-state index < -0.39 is 24.7 Å². The first-order chi connectivity index (χ1) is 16.9. The van der Waals surface area contributed by atoms with E-state index in [1.165, 1.54) is 12.4 Å². The van der Waals surface area contributed by atoms with E-state index >= 15 is 0 Å². The van der Waals surface area contributed by atoms with E-state index in [1.807, 2.05) is 24.3 Å². The lowest BCUT2D eigenvalue weighted by atomic mass is 9.73. The van der Waals surface area contributed by atoms with Crippen molar-refractivity contribution in [2.75, 3.05) is 25.5 Å². The molecule has 2 aliphatic heterocycles. The van der Waals surface area contributed by atoms with E-state index in [2.05, 4.69) is 33.2 Å². The van der Waals surface area contributed by atoms with Crippen LogP contribution < -0.4 is 20.9 Å². The van der Waals surface area contributed by atoms with Crippen LogP contribution in [0, 0.1) is 5.92 Å². The molecule has 1 aromatic carbocycles. The summed E-state index contributed by atoms with van der Waals surface area (Å²) in [6.45, 7) is -0.739. The predicted molar refractivity (Wildman–Crippen MR) is 124 cm³/mol. The van der Waals surface area contributed by atoms with Crippen LogP contribution in [-0.2, 0) is 4.79 Å². The number of likely N-dealkylation sites (tertiary alicyclic amines) is 1. The van der Waals surface area contributed by atoms with Gasteiger partial charge in [-0.05, 0) is 62.6 Å². The fourth-order valence-electron chi connectivity index (χ4n) is 5.41. The number of ether oxygens (including phenoxy) is 1. The van der Waals surface area contributed by atoms with Crippen molar-refractivity contribution in [2.24, 2.45) is 5.92 Å². The zero-order valence-corrected chi connectivity index (χ0v) is 19.5. The number of carbonyl (C=O) groups is 1. The Kier molecular flexibility index (Phi) is 6.99. The van der Waals surface area contributed by atoms with Crippen molar-refractivity contribution in [1.29, 1.82) is 0 Å². The number of carbonyl (C=O) groups excluding carboxylic acids is 1. The van der Waals surface area contributed by atoms with Gasteiger partial charge in [0.2, 0.25) is 5.91 Å². The van der Waals surface area contributed by atoms with Gasteiger partial charge in [0, 0.05) is 42.9 Å². The van der Waals surface area contributed by atoms with Crippen molar-refractivity contribution >= 4 is 11.6 Å². The van der Waals surface area contributed by atoms with Gasteiger partial charge in [0.25, 0.3) is 0 Å². The molecule has 3 fully saturated rings. The molecule has 2 aromatic rings. The molecule has 1 aliphatic carbocycles. The number of hydrogen-bond acceptors (Lipinski definition) is 6. The van der Waals surface area contributed by atoms with Gasteiger partial charge in [0.15, 0.2) is 0 Å². The minimum absolute atomic E-state index is 0.186. The maximum atomic E-state index is 14.9.